The van der Waals surface area contributed by atoms with Gasteiger partial charge >= 0.3 is 0 Å². The van der Waals surface area contributed by atoms with Gasteiger partial charge in [-0.1, -0.05) is 13.3 Å². The Morgan fingerprint density at radius 1 is 1.40 bits per heavy atom. The highest BCUT2D eigenvalue weighted by molar-refractivity contribution is 5.78. The van der Waals surface area contributed by atoms with Crippen LogP contribution >= 0.6 is 0 Å². The van der Waals surface area contributed by atoms with Crippen molar-refractivity contribution in [2.75, 3.05) is 6.61 Å². The summed E-state index contributed by atoms with van der Waals surface area (Å²) in [5.41, 5.74) is 2.50. The summed E-state index contributed by atoms with van der Waals surface area (Å²) in [7, 11) is 0. The summed E-state index contributed by atoms with van der Waals surface area (Å²) in [5.74, 6) is 2.33. The Labute approximate surface area is 172 Å². The first-order valence-electron chi connectivity index (χ1n) is 10.1. The Bertz CT molecular complexity index is 1190. The fourth-order valence-electron chi connectivity index (χ4n) is 4.47. The third kappa shape index (κ3) is 3.27. The van der Waals surface area contributed by atoms with Crippen LogP contribution in [-0.4, -0.2) is 48.3 Å². The van der Waals surface area contributed by atoms with E-state index in [1.807, 2.05) is 12.3 Å². The van der Waals surface area contributed by atoms with Gasteiger partial charge in [0.25, 0.3) is 11.8 Å². The Balaban J connectivity index is 1.32. The predicted molar refractivity (Wildman–Crippen MR) is 107 cm³/mol. The summed E-state index contributed by atoms with van der Waals surface area (Å²) < 4.78 is 12.4. The molecule has 2 N–H and O–H groups in total. The van der Waals surface area contributed by atoms with Gasteiger partial charge in [-0.25, -0.2) is 4.98 Å². The number of fused-ring (bicyclic) bond motifs is 3. The lowest BCUT2D eigenvalue weighted by Crippen LogP contribution is -2.36. The van der Waals surface area contributed by atoms with Gasteiger partial charge in [0.05, 0.1) is 11.7 Å². The number of rotatable bonds is 6. The van der Waals surface area contributed by atoms with Gasteiger partial charge in [0.15, 0.2) is 17.9 Å². The third-order valence-electron chi connectivity index (χ3n) is 5.84. The fourth-order valence-corrected chi connectivity index (χ4v) is 4.47. The van der Waals surface area contributed by atoms with Crippen LogP contribution in [0.15, 0.2) is 29.0 Å². The summed E-state index contributed by atoms with van der Waals surface area (Å²) >= 11 is 0. The number of hydrogen-bond acceptors (Lipinski definition) is 7. The van der Waals surface area contributed by atoms with Crippen LogP contribution < -0.4 is 10.1 Å². The molecule has 30 heavy (non-hydrogen) atoms. The van der Waals surface area contributed by atoms with E-state index < -0.39 is 0 Å². The predicted octanol–water partition coefficient (Wildman–Crippen LogP) is 2.37. The zero-order chi connectivity index (χ0) is 20.7. The number of amides is 1. The van der Waals surface area contributed by atoms with Gasteiger partial charge in [-0.2, -0.15) is 0 Å². The molecular formula is C20H23N7O3. The third-order valence-corrected chi connectivity index (χ3v) is 5.84. The average molecular weight is 409 g/mol. The van der Waals surface area contributed by atoms with Crippen LogP contribution in [0.1, 0.15) is 43.7 Å². The fraction of sp³-hybridized carbons (Fsp3) is 0.450. The number of carbonyl (C=O) groups is 1. The number of aromatic nitrogens is 6. The van der Waals surface area contributed by atoms with Crippen LogP contribution in [0.3, 0.4) is 0 Å². The Kier molecular flexibility index (Phi) is 4.61. The van der Waals surface area contributed by atoms with E-state index in [1.165, 1.54) is 0 Å². The van der Waals surface area contributed by atoms with Crippen molar-refractivity contribution in [1.29, 1.82) is 0 Å². The summed E-state index contributed by atoms with van der Waals surface area (Å²) in [4.78, 5) is 19.9. The van der Waals surface area contributed by atoms with Crippen LogP contribution in [0, 0.1) is 12.8 Å². The van der Waals surface area contributed by atoms with Gasteiger partial charge in [0, 0.05) is 24.2 Å². The number of nitrogens with one attached hydrogen (secondary N) is 2. The molecule has 0 radical (unpaired) electrons. The molecule has 0 spiro atoms. The van der Waals surface area contributed by atoms with Crippen molar-refractivity contribution < 1.29 is 14.1 Å². The van der Waals surface area contributed by atoms with Gasteiger partial charge < -0.3 is 19.6 Å². The molecule has 1 amide bonds. The Morgan fingerprint density at radius 3 is 3.10 bits per heavy atom. The van der Waals surface area contributed by atoms with Crippen molar-refractivity contribution in [2.45, 2.75) is 45.1 Å². The van der Waals surface area contributed by atoms with Crippen molar-refractivity contribution in [3.8, 4) is 5.88 Å². The molecule has 4 heterocycles. The lowest BCUT2D eigenvalue weighted by molar-refractivity contribution is -0.123. The zero-order valence-electron chi connectivity index (χ0n) is 16.8. The van der Waals surface area contributed by atoms with Crippen LogP contribution in [0.4, 0.5) is 0 Å². The van der Waals surface area contributed by atoms with E-state index >= 15 is 0 Å². The first-order valence-corrected chi connectivity index (χ1v) is 10.1. The van der Waals surface area contributed by atoms with Gasteiger partial charge in [0.2, 0.25) is 0 Å². The van der Waals surface area contributed by atoms with Crippen LogP contribution in [0.25, 0.3) is 16.8 Å². The number of carbonyl (C=O) groups excluding carboxylic acids is 1. The standard InChI is InChI=1S/C20H23N7O3/c1-3-12-7-13(23-17(28)10-29-18-6-11(2)30-26-18)8-14(12)20-25-24-16-9-22-19-15(27(16)20)4-5-21-19/h4-6,9,12-14,21H,3,7-8,10H2,1-2H3,(H,23,28)/t12-,13+,14+/m1/s1. The van der Waals surface area contributed by atoms with E-state index in [9.17, 15) is 4.79 Å². The zero-order valence-corrected chi connectivity index (χ0v) is 16.8. The molecular weight excluding hydrogens is 386 g/mol. The molecule has 10 nitrogen and oxygen atoms in total. The highest BCUT2D eigenvalue weighted by atomic mass is 16.5. The van der Waals surface area contributed by atoms with Crippen molar-refractivity contribution >= 4 is 22.7 Å². The SMILES string of the molecule is CC[C@@H]1C[C@H](NC(=O)COc2cc(C)on2)C[C@@H]1c1nnc2cnc3[nH]ccc3n12. The van der Waals surface area contributed by atoms with E-state index in [-0.39, 0.29) is 24.5 Å². The molecule has 0 saturated heterocycles. The van der Waals surface area contributed by atoms with E-state index in [1.54, 1.807) is 19.2 Å². The van der Waals surface area contributed by atoms with Crippen molar-refractivity contribution in [3.63, 3.8) is 0 Å². The smallest absolute Gasteiger partial charge is 0.258 e. The van der Waals surface area contributed by atoms with Crippen molar-refractivity contribution in [1.82, 2.24) is 35.0 Å². The molecule has 10 heteroatoms. The second-order valence-electron chi connectivity index (χ2n) is 7.80. The van der Waals surface area contributed by atoms with Crippen LogP contribution in [0.2, 0.25) is 0 Å². The van der Waals surface area contributed by atoms with Gasteiger partial charge in [-0.3, -0.25) is 9.20 Å². The summed E-state index contributed by atoms with van der Waals surface area (Å²) in [6.45, 7) is 3.86. The van der Waals surface area contributed by atoms with Gasteiger partial charge in [0.1, 0.15) is 11.6 Å². The van der Waals surface area contributed by atoms with E-state index in [2.05, 4.69) is 42.0 Å². The van der Waals surface area contributed by atoms with Gasteiger partial charge in [-0.05, 0) is 36.9 Å². The van der Waals surface area contributed by atoms with E-state index in [0.29, 0.717) is 17.6 Å². The number of ether oxygens (including phenoxy) is 1. The minimum atomic E-state index is -0.167. The quantitative estimate of drug-likeness (QED) is 0.501. The largest absolute Gasteiger partial charge is 0.465 e. The maximum Gasteiger partial charge on any atom is 0.258 e. The molecule has 1 aliphatic rings. The number of nitrogens with zero attached hydrogens (tertiary/aromatic N) is 5. The topological polar surface area (TPSA) is 123 Å². The molecule has 0 bridgehead atoms. The lowest BCUT2D eigenvalue weighted by Gasteiger charge is -2.15. The molecule has 156 valence electrons. The summed E-state index contributed by atoms with van der Waals surface area (Å²) in [6.07, 6.45) is 6.30. The molecule has 4 aromatic rings. The van der Waals surface area contributed by atoms with Crippen molar-refractivity contribution in [3.05, 3.63) is 36.1 Å². The first-order chi connectivity index (χ1) is 14.6. The Hall–Kier alpha value is -3.43. The minimum Gasteiger partial charge on any atom is -0.465 e. The van der Waals surface area contributed by atoms with E-state index in [4.69, 9.17) is 9.26 Å². The lowest BCUT2D eigenvalue weighted by atomic mass is 9.93. The number of hydrogen-bond donors (Lipinski definition) is 2. The second kappa shape index (κ2) is 7.43. The van der Waals surface area contributed by atoms with Crippen LogP contribution in [0.5, 0.6) is 5.88 Å². The highest BCUT2D eigenvalue weighted by Gasteiger charge is 2.37. The molecule has 1 fully saturated rings. The minimum absolute atomic E-state index is 0.0611. The van der Waals surface area contributed by atoms with Crippen molar-refractivity contribution in [2.24, 2.45) is 5.92 Å². The molecule has 0 unspecified atom stereocenters. The maximum atomic E-state index is 12.4. The van der Waals surface area contributed by atoms with Crippen LogP contribution in [-0.2, 0) is 4.79 Å². The first kappa shape index (κ1) is 18.6. The molecule has 3 atom stereocenters. The number of aryl methyl sites for hydroxylation is 1. The number of aromatic amines is 1. The molecule has 5 rings (SSSR count). The normalized spacial score (nSPS) is 21.5. The molecule has 0 aromatic carbocycles. The second-order valence-corrected chi connectivity index (χ2v) is 7.80. The molecule has 4 aromatic heterocycles. The van der Waals surface area contributed by atoms with Gasteiger partial charge in [-0.15, -0.1) is 10.2 Å². The summed E-state index contributed by atoms with van der Waals surface area (Å²) in [5, 5.41) is 15.7. The summed E-state index contributed by atoms with van der Waals surface area (Å²) in [6, 6.07) is 3.70. The van der Waals surface area contributed by atoms with E-state index in [0.717, 1.165) is 41.9 Å². The molecule has 0 aliphatic heterocycles. The number of H-pyrrole nitrogens is 1. The molecule has 1 aliphatic carbocycles. The Morgan fingerprint density at radius 2 is 2.30 bits per heavy atom. The average Bonchev–Trinajstić information content (AvgIpc) is 3.50. The monoisotopic (exact) mass is 409 g/mol. The maximum absolute atomic E-state index is 12.4. The highest BCUT2D eigenvalue weighted by Crippen LogP contribution is 2.41. The molecule has 1 saturated carbocycles.